The Balaban J connectivity index is 2.26. The lowest BCUT2D eigenvalue weighted by Gasteiger charge is -2.05. The van der Waals surface area contributed by atoms with E-state index in [1.165, 1.54) is 6.08 Å². The van der Waals surface area contributed by atoms with Crippen LogP contribution in [0.25, 0.3) is 6.08 Å². The molecule has 6 heteroatoms. The standard InChI is InChI=1S/C20H20N2O4/c1-4-25-20(24)18-13(2)19(22-14(18)3)16(23)10-9-15-7-5-6-8-17(15)26-12-11-21/h5-10,22H,4,12H2,1-3H3/b10-9+. The van der Waals surface area contributed by atoms with Crippen LogP contribution in [0.3, 0.4) is 0 Å². The molecule has 2 rings (SSSR count). The Morgan fingerprint density at radius 3 is 2.69 bits per heavy atom. The number of benzene rings is 1. The molecule has 26 heavy (non-hydrogen) atoms. The van der Waals surface area contributed by atoms with Gasteiger partial charge >= 0.3 is 5.97 Å². The number of aromatic nitrogens is 1. The van der Waals surface area contributed by atoms with Gasteiger partial charge < -0.3 is 14.5 Å². The topological polar surface area (TPSA) is 92.2 Å². The minimum Gasteiger partial charge on any atom is -0.478 e. The van der Waals surface area contributed by atoms with E-state index in [2.05, 4.69) is 4.98 Å². The minimum absolute atomic E-state index is 0.0728. The highest BCUT2D eigenvalue weighted by atomic mass is 16.5. The van der Waals surface area contributed by atoms with E-state index in [0.29, 0.717) is 33.8 Å². The van der Waals surface area contributed by atoms with Crippen molar-refractivity contribution in [3.8, 4) is 11.8 Å². The summed E-state index contributed by atoms with van der Waals surface area (Å²) in [6.45, 7) is 5.36. The molecule has 1 aromatic heterocycles. The number of ether oxygens (including phenoxy) is 2. The Labute approximate surface area is 152 Å². The van der Waals surface area contributed by atoms with E-state index in [1.54, 1.807) is 45.0 Å². The summed E-state index contributed by atoms with van der Waals surface area (Å²) in [6, 6.07) is 9.02. The van der Waals surface area contributed by atoms with Crippen molar-refractivity contribution >= 4 is 17.8 Å². The molecule has 0 saturated carbocycles. The summed E-state index contributed by atoms with van der Waals surface area (Å²) >= 11 is 0. The van der Waals surface area contributed by atoms with Gasteiger partial charge in [-0.05, 0) is 44.6 Å². The maximum absolute atomic E-state index is 12.5. The molecule has 6 nitrogen and oxygen atoms in total. The van der Waals surface area contributed by atoms with Gasteiger partial charge in [0.2, 0.25) is 5.78 Å². The third-order valence-corrected chi connectivity index (χ3v) is 3.79. The van der Waals surface area contributed by atoms with E-state index in [1.807, 2.05) is 12.1 Å². The number of nitrogens with zero attached hydrogens (tertiary/aromatic N) is 1. The van der Waals surface area contributed by atoms with E-state index in [0.717, 1.165) is 0 Å². The number of carbonyl (C=O) groups is 2. The fourth-order valence-corrected chi connectivity index (χ4v) is 2.61. The van der Waals surface area contributed by atoms with Crippen LogP contribution in [-0.2, 0) is 4.74 Å². The first-order valence-electron chi connectivity index (χ1n) is 8.17. The molecule has 0 aliphatic heterocycles. The molecular formula is C20H20N2O4. The van der Waals surface area contributed by atoms with Gasteiger partial charge in [0.1, 0.15) is 11.8 Å². The van der Waals surface area contributed by atoms with Crippen molar-refractivity contribution in [3.05, 3.63) is 58.4 Å². The number of aromatic amines is 1. The van der Waals surface area contributed by atoms with Crippen LogP contribution in [0.5, 0.6) is 5.75 Å². The first kappa shape index (κ1) is 19.0. The summed E-state index contributed by atoms with van der Waals surface area (Å²) in [5, 5.41) is 8.64. The molecule has 0 atom stereocenters. The van der Waals surface area contributed by atoms with Crippen LogP contribution in [0.2, 0.25) is 0 Å². The zero-order valence-corrected chi connectivity index (χ0v) is 15.0. The molecule has 0 saturated heterocycles. The Bertz CT molecular complexity index is 888. The fourth-order valence-electron chi connectivity index (χ4n) is 2.61. The number of para-hydroxylation sites is 1. The SMILES string of the molecule is CCOC(=O)c1c(C)[nH]c(C(=O)/C=C/c2ccccc2OCC#N)c1C. The van der Waals surface area contributed by atoms with Crippen LogP contribution >= 0.6 is 0 Å². The largest absolute Gasteiger partial charge is 0.478 e. The lowest BCUT2D eigenvalue weighted by molar-refractivity contribution is 0.0525. The van der Waals surface area contributed by atoms with E-state index in [4.69, 9.17) is 14.7 Å². The number of esters is 1. The van der Waals surface area contributed by atoms with E-state index in [9.17, 15) is 9.59 Å². The number of carbonyl (C=O) groups excluding carboxylic acids is 2. The molecular weight excluding hydrogens is 332 g/mol. The second kappa shape index (κ2) is 8.67. The number of rotatable bonds is 7. The third-order valence-electron chi connectivity index (χ3n) is 3.79. The average molecular weight is 352 g/mol. The minimum atomic E-state index is -0.447. The monoisotopic (exact) mass is 352 g/mol. The van der Waals surface area contributed by atoms with Crippen LogP contribution in [0.15, 0.2) is 30.3 Å². The molecule has 1 heterocycles. The van der Waals surface area contributed by atoms with Gasteiger partial charge in [0.25, 0.3) is 0 Å². The van der Waals surface area contributed by atoms with Crippen LogP contribution in [0.4, 0.5) is 0 Å². The molecule has 0 amide bonds. The maximum atomic E-state index is 12.5. The smallest absolute Gasteiger partial charge is 0.340 e. The maximum Gasteiger partial charge on any atom is 0.340 e. The summed E-state index contributed by atoms with van der Waals surface area (Å²) in [7, 11) is 0. The number of H-pyrrole nitrogens is 1. The summed E-state index contributed by atoms with van der Waals surface area (Å²) in [4.78, 5) is 27.5. The Morgan fingerprint density at radius 1 is 1.27 bits per heavy atom. The van der Waals surface area contributed by atoms with Gasteiger partial charge in [0, 0.05) is 11.3 Å². The zero-order chi connectivity index (χ0) is 19.1. The molecule has 2 aromatic rings. The highest BCUT2D eigenvalue weighted by Crippen LogP contribution is 2.22. The molecule has 0 fully saturated rings. The predicted octanol–water partition coefficient (Wildman–Crippen LogP) is 3.61. The van der Waals surface area contributed by atoms with Gasteiger partial charge in [-0.3, -0.25) is 4.79 Å². The number of ketones is 1. The lowest BCUT2D eigenvalue weighted by atomic mass is 10.1. The highest BCUT2D eigenvalue weighted by molar-refractivity contribution is 6.09. The van der Waals surface area contributed by atoms with Gasteiger partial charge in [0.05, 0.1) is 17.9 Å². The molecule has 134 valence electrons. The molecule has 0 spiro atoms. The fraction of sp³-hybridized carbons (Fsp3) is 0.250. The van der Waals surface area contributed by atoms with E-state index >= 15 is 0 Å². The van der Waals surface area contributed by atoms with Crippen LogP contribution in [0, 0.1) is 25.2 Å². The van der Waals surface area contributed by atoms with Crippen molar-refractivity contribution in [2.45, 2.75) is 20.8 Å². The number of hydrogen-bond donors (Lipinski definition) is 1. The second-order valence-corrected chi connectivity index (χ2v) is 5.53. The van der Waals surface area contributed by atoms with Gasteiger partial charge in [0.15, 0.2) is 6.61 Å². The predicted molar refractivity (Wildman–Crippen MR) is 97.1 cm³/mol. The van der Waals surface area contributed by atoms with Gasteiger partial charge in [-0.25, -0.2) is 4.79 Å². The van der Waals surface area contributed by atoms with Crippen molar-refractivity contribution in [2.24, 2.45) is 0 Å². The molecule has 0 radical (unpaired) electrons. The molecule has 0 aliphatic rings. The van der Waals surface area contributed by atoms with Crippen molar-refractivity contribution in [1.82, 2.24) is 4.98 Å². The van der Waals surface area contributed by atoms with Crippen LogP contribution in [0.1, 0.15) is 44.6 Å². The molecule has 0 bridgehead atoms. The Hall–Kier alpha value is -3.33. The number of nitrogens with one attached hydrogen (secondary N) is 1. The number of nitriles is 1. The van der Waals surface area contributed by atoms with Crippen molar-refractivity contribution < 1.29 is 19.1 Å². The molecule has 0 unspecified atom stereocenters. The van der Waals surface area contributed by atoms with E-state index in [-0.39, 0.29) is 19.0 Å². The quantitative estimate of drug-likeness (QED) is 0.467. The molecule has 0 aliphatic carbocycles. The van der Waals surface area contributed by atoms with Gasteiger partial charge in [-0.15, -0.1) is 0 Å². The lowest BCUT2D eigenvalue weighted by Crippen LogP contribution is -2.07. The number of hydrogen-bond acceptors (Lipinski definition) is 5. The van der Waals surface area contributed by atoms with Crippen LogP contribution < -0.4 is 4.74 Å². The summed E-state index contributed by atoms with van der Waals surface area (Å²) < 4.78 is 10.4. The van der Waals surface area contributed by atoms with Crippen molar-refractivity contribution in [2.75, 3.05) is 13.2 Å². The van der Waals surface area contributed by atoms with Gasteiger partial charge in [-0.2, -0.15) is 5.26 Å². The third kappa shape index (κ3) is 4.19. The summed E-state index contributed by atoms with van der Waals surface area (Å²) in [5.41, 5.74) is 2.57. The van der Waals surface area contributed by atoms with E-state index < -0.39 is 5.97 Å². The first-order chi connectivity index (χ1) is 12.5. The molecule has 1 aromatic carbocycles. The second-order valence-electron chi connectivity index (χ2n) is 5.53. The zero-order valence-electron chi connectivity index (χ0n) is 15.0. The van der Waals surface area contributed by atoms with Crippen molar-refractivity contribution in [1.29, 1.82) is 5.26 Å². The summed E-state index contributed by atoms with van der Waals surface area (Å²) in [5.74, 6) is -0.196. The Morgan fingerprint density at radius 2 is 2.00 bits per heavy atom. The van der Waals surface area contributed by atoms with Gasteiger partial charge in [-0.1, -0.05) is 18.2 Å². The van der Waals surface area contributed by atoms with Crippen molar-refractivity contribution in [3.63, 3.8) is 0 Å². The average Bonchev–Trinajstić information content (AvgIpc) is 2.93. The number of aryl methyl sites for hydroxylation is 1. The summed E-state index contributed by atoms with van der Waals surface area (Å²) in [6.07, 6.45) is 3.02. The normalized spacial score (nSPS) is 10.5. The molecule has 1 N–H and O–H groups in total. The number of allylic oxidation sites excluding steroid dienone is 1. The van der Waals surface area contributed by atoms with Crippen LogP contribution in [-0.4, -0.2) is 30.0 Å². The Kier molecular flexibility index (Phi) is 6.34. The highest BCUT2D eigenvalue weighted by Gasteiger charge is 2.21. The first-order valence-corrected chi connectivity index (χ1v) is 8.17.